The van der Waals surface area contributed by atoms with Gasteiger partial charge in [-0.05, 0) is 38.8 Å². The number of piperidine rings is 1. The summed E-state index contributed by atoms with van der Waals surface area (Å²) in [6, 6.07) is 0. The molecule has 0 aromatic rings. The van der Waals surface area contributed by atoms with Crippen molar-refractivity contribution in [1.29, 1.82) is 0 Å². The monoisotopic (exact) mass is 286 g/mol. The third kappa shape index (κ3) is 5.32. The Morgan fingerprint density at radius 3 is 2.68 bits per heavy atom. The standard InChI is InChI=1S/C14H26N2O2S/c17-13-4-2-1-3-11(13)9-16-14(18)10-19-12-5-7-15-8-6-12/h11-13,15,17H,1-10H2,(H,16,18). The molecule has 3 N–H and O–H groups in total. The van der Waals surface area contributed by atoms with Gasteiger partial charge < -0.3 is 15.7 Å². The molecule has 19 heavy (non-hydrogen) atoms. The summed E-state index contributed by atoms with van der Waals surface area (Å²) in [5, 5.41) is 16.8. The molecule has 0 radical (unpaired) electrons. The molecule has 0 aromatic carbocycles. The zero-order valence-electron chi connectivity index (χ0n) is 11.6. The second-order valence-electron chi connectivity index (χ2n) is 5.68. The summed E-state index contributed by atoms with van der Waals surface area (Å²) in [6.45, 7) is 2.80. The third-order valence-electron chi connectivity index (χ3n) is 4.17. The maximum Gasteiger partial charge on any atom is 0.230 e. The summed E-state index contributed by atoms with van der Waals surface area (Å²) >= 11 is 1.78. The van der Waals surface area contributed by atoms with Crippen LogP contribution in [0.15, 0.2) is 0 Å². The molecule has 2 fully saturated rings. The van der Waals surface area contributed by atoms with Gasteiger partial charge in [-0.15, -0.1) is 11.8 Å². The smallest absolute Gasteiger partial charge is 0.230 e. The van der Waals surface area contributed by atoms with Gasteiger partial charge in [-0.2, -0.15) is 0 Å². The molecule has 0 aromatic heterocycles. The Morgan fingerprint density at radius 2 is 1.95 bits per heavy atom. The lowest BCUT2D eigenvalue weighted by molar-refractivity contribution is -0.119. The van der Waals surface area contributed by atoms with Crippen LogP contribution in [0.2, 0.25) is 0 Å². The number of carbonyl (C=O) groups excluding carboxylic acids is 1. The highest BCUT2D eigenvalue weighted by molar-refractivity contribution is 8.00. The number of nitrogens with one attached hydrogen (secondary N) is 2. The van der Waals surface area contributed by atoms with Gasteiger partial charge in [0.15, 0.2) is 0 Å². The van der Waals surface area contributed by atoms with Gasteiger partial charge in [-0.1, -0.05) is 12.8 Å². The highest BCUT2D eigenvalue weighted by Gasteiger charge is 2.23. The molecule has 2 aliphatic rings. The average Bonchev–Trinajstić information content (AvgIpc) is 2.45. The van der Waals surface area contributed by atoms with Crippen LogP contribution < -0.4 is 10.6 Å². The van der Waals surface area contributed by atoms with Crippen LogP contribution in [0.1, 0.15) is 38.5 Å². The Bertz CT molecular complexity index is 283. The Labute approximate surface area is 120 Å². The predicted octanol–water partition coefficient (Wildman–Crippen LogP) is 1.14. The van der Waals surface area contributed by atoms with E-state index in [4.69, 9.17) is 0 Å². The van der Waals surface area contributed by atoms with Gasteiger partial charge in [0.05, 0.1) is 11.9 Å². The average molecular weight is 286 g/mol. The van der Waals surface area contributed by atoms with Crippen LogP contribution in [-0.2, 0) is 4.79 Å². The molecule has 1 saturated carbocycles. The number of hydrogen-bond acceptors (Lipinski definition) is 4. The van der Waals surface area contributed by atoms with Crippen LogP contribution in [-0.4, -0.2) is 47.8 Å². The second kappa shape index (κ2) is 8.12. The molecular formula is C14H26N2O2S. The molecule has 1 amide bonds. The summed E-state index contributed by atoms with van der Waals surface area (Å²) in [5.41, 5.74) is 0. The van der Waals surface area contributed by atoms with Crippen LogP contribution in [0.5, 0.6) is 0 Å². The fourth-order valence-corrected chi connectivity index (χ4v) is 3.94. The number of hydrogen-bond donors (Lipinski definition) is 3. The zero-order chi connectivity index (χ0) is 13.5. The third-order valence-corrected chi connectivity index (χ3v) is 5.54. The minimum Gasteiger partial charge on any atom is -0.393 e. The Kier molecular flexibility index (Phi) is 6.47. The number of aliphatic hydroxyl groups is 1. The number of aliphatic hydroxyl groups excluding tert-OH is 1. The van der Waals surface area contributed by atoms with Gasteiger partial charge in [-0.25, -0.2) is 0 Å². The van der Waals surface area contributed by atoms with Crippen molar-refractivity contribution in [1.82, 2.24) is 10.6 Å². The maximum absolute atomic E-state index is 11.8. The molecule has 0 spiro atoms. The van der Waals surface area contributed by atoms with Gasteiger partial charge in [0.25, 0.3) is 0 Å². The summed E-state index contributed by atoms with van der Waals surface area (Å²) in [7, 11) is 0. The minimum atomic E-state index is -0.217. The zero-order valence-corrected chi connectivity index (χ0v) is 12.4. The Balaban J connectivity index is 1.58. The number of rotatable bonds is 5. The van der Waals surface area contributed by atoms with Crippen LogP contribution in [0.3, 0.4) is 0 Å². The van der Waals surface area contributed by atoms with E-state index in [1.54, 1.807) is 11.8 Å². The Hall–Kier alpha value is -0.260. The van der Waals surface area contributed by atoms with E-state index < -0.39 is 0 Å². The van der Waals surface area contributed by atoms with E-state index in [0.29, 0.717) is 17.5 Å². The lowest BCUT2D eigenvalue weighted by Gasteiger charge is -2.27. The lowest BCUT2D eigenvalue weighted by atomic mass is 9.86. The quantitative estimate of drug-likeness (QED) is 0.709. The van der Waals surface area contributed by atoms with E-state index in [0.717, 1.165) is 32.4 Å². The van der Waals surface area contributed by atoms with Crippen molar-refractivity contribution in [2.45, 2.75) is 49.9 Å². The van der Waals surface area contributed by atoms with Crippen LogP contribution in [0, 0.1) is 5.92 Å². The fraction of sp³-hybridized carbons (Fsp3) is 0.929. The van der Waals surface area contributed by atoms with E-state index in [1.807, 2.05) is 0 Å². The van der Waals surface area contributed by atoms with Crippen molar-refractivity contribution >= 4 is 17.7 Å². The molecule has 0 bridgehead atoms. The number of carbonyl (C=O) groups is 1. The molecule has 1 aliphatic heterocycles. The molecule has 1 aliphatic carbocycles. The number of amides is 1. The molecule has 2 atom stereocenters. The van der Waals surface area contributed by atoms with E-state index in [1.165, 1.54) is 19.3 Å². The highest BCUT2D eigenvalue weighted by Crippen LogP contribution is 2.24. The number of thioether (sulfide) groups is 1. The first-order valence-electron chi connectivity index (χ1n) is 7.53. The maximum atomic E-state index is 11.8. The molecule has 4 nitrogen and oxygen atoms in total. The summed E-state index contributed by atoms with van der Waals surface area (Å²) in [5.74, 6) is 0.955. The molecular weight excluding hydrogens is 260 g/mol. The topological polar surface area (TPSA) is 61.4 Å². The first kappa shape index (κ1) is 15.1. The van der Waals surface area contributed by atoms with Crippen molar-refractivity contribution in [3.05, 3.63) is 0 Å². The molecule has 5 heteroatoms. The van der Waals surface area contributed by atoms with E-state index in [2.05, 4.69) is 10.6 Å². The molecule has 1 saturated heterocycles. The normalized spacial score (nSPS) is 29.1. The van der Waals surface area contributed by atoms with Gasteiger partial charge in [0.2, 0.25) is 5.91 Å². The SMILES string of the molecule is O=C(CSC1CCNCC1)NCC1CCCCC1O. The molecule has 1 heterocycles. The van der Waals surface area contributed by atoms with E-state index in [-0.39, 0.29) is 17.9 Å². The van der Waals surface area contributed by atoms with Gasteiger partial charge >= 0.3 is 0 Å². The summed E-state index contributed by atoms with van der Waals surface area (Å²) in [4.78, 5) is 11.8. The predicted molar refractivity (Wildman–Crippen MR) is 79.3 cm³/mol. The largest absolute Gasteiger partial charge is 0.393 e. The summed E-state index contributed by atoms with van der Waals surface area (Å²) < 4.78 is 0. The van der Waals surface area contributed by atoms with Gasteiger partial charge in [0, 0.05) is 17.7 Å². The molecule has 2 rings (SSSR count). The van der Waals surface area contributed by atoms with Crippen molar-refractivity contribution in [3.8, 4) is 0 Å². The lowest BCUT2D eigenvalue weighted by Crippen LogP contribution is -2.38. The summed E-state index contributed by atoms with van der Waals surface area (Å²) in [6.07, 6.45) is 6.36. The van der Waals surface area contributed by atoms with E-state index in [9.17, 15) is 9.90 Å². The Morgan fingerprint density at radius 1 is 1.21 bits per heavy atom. The van der Waals surface area contributed by atoms with E-state index >= 15 is 0 Å². The highest BCUT2D eigenvalue weighted by atomic mass is 32.2. The second-order valence-corrected chi connectivity index (χ2v) is 6.96. The van der Waals surface area contributed by atoms with Crippen molar-refractivity contribution in [2.24, 2.45) is 5.92 Å². The van der Waals surface area contributed by atoms with Gasteiger partial charge in [0.1, 0.15) is 0 Å². The fourth-order valence-electron chi connectivity index (χ4n) is 2.88. The van der Waals surface area contributed by atoms with Crippen molar-refractivity contribution in [2.75, 3.05) is 25.4 Å². The molecule has 2 unspecified atom stereocenters. The van der Waals surface area contributed by atoms with Crippen molar-refractivity contribution in [3.63, 3.8) is 0 Å². The first-order chi connectivity index (χ1) is 9.25. The molecule has 110 valence electrons. The van der Waals surface area contributed by atoms with Crippen LogP contribution in [0.4, 0.5) is 0 Å². The van der Waals surface area contributed by atoms with Crippen molar-refractivity contribution < 1.29 is 9.90 Å². The van der Waals surface area contributed by atoms with Crippen LogP contribution >= 0.6 is 11.8 Å². The minimum absolute atomic E-state index is 0.126. The van der Waals surface area contributed by atoms with Crippen LogP contribution in [0.25, 0.3) is 0 Å². The van der Waals surface area contributed by atoms with Gasteiger partial charge in [-0.3, -0.25) is 4.79 Å². The first-order valence-corrected chi connectivity index (χ1v) is 8.57.